The Labute approximate surface area is 113 Å². The fourth-order valence-corrected chi connectivity index (χ4v) is 2.09. The predicted octanol–water partition coefficient (Wildman–Crippen LogP) is 2.73. The van der Waals surface area contributed by atoms with Crippen molar-refractivity contribution in [3.63, 3.8) is 0 Å². The van der Waals surface area contributed by atoms with E-state index in [1.807, 2.05) is 44.2 Å². The van der Waals surface area contributed by atoms with Gasteiger partial charge in [-0.3, -0.25) is 4.79 Å². The lowest BCUT2D eigenvalue weighted by Crippen LogP contribution is -2.30. The van der Waals surface area contributed by atoms with Crippen molar-refractivity contribution in [3.8, 4) is 5.69 Å². The number of nitrogens with zero attached hydrogens (tertiary/aromatic N) is 2. The van der Waals surface area contributed by atoms with Crippen LogP contribution in [-0.4, -0.2) is 28.8 Å². The summed E-state index contributed by atoms with van der Waals surface area (Å²) in [4.78, 5) is 12.5. The highest BCUT2D eigenvalue weighted by Crippen LogP contribution is 2.16. The average molecular weight is 258 g/mol. The van der Waals surface area contributed by atoms with Crippen LogP contribution in [0.15, 0.2) is 42.6 Å². The van der Waals surface area contributed by atoms with Crippen LogP contribution < -0.4 is 0 Å². The molecule has 0 N–H and O–H groups in total. The minimum atomic E-state index is -0.445. The molecule has 1 aromatic carbocycles. The van der Waals surface area contributed by atoms with Gasteiger partial charge in [-0.05, 0) is 24.1 Å². The molecule has 0 bridgehead atoms. The highest BCUT2D eigenvalue weighted by Gasteiger charge is 2.26. The van der Waals surface area contributed by atoms with E-state index in [1.54, 1.807) is 24.1 Å². The van der Waals surface area contributed by atoms with E-state index in [0.717, 1.165) is 5.69 Å². The van der Waals surface area contributed by atoms with Gasteiger partial charge in [0, 0.05) is 7.11 Å². The van der Waals surface area contributed by atoms with Gasteiger partial charge in [-0.2, -0.15) is 5.10 Å². The molecule has 2 rings (SSSR count). The van der Waals surface area contributed by atoms with Gasteiger partial charge in [0.05, 0.1) is 11.9 Å². The highest BCUT2D eigenvalue weighted by molar-refractivity contribution is 5.98. The summed E-state index contributed by atoms with van der Waals surface area (Å²) in [7, 11) is 1.56. The molecule has 2 aromatic rings. The topological polar surface area (TPSA) is 44.1 Å². The SMILES string of the molecule is COC(C(=O)c1ccnn1-c1ccccc1)C(C)C. The Hall–Kier alpha value is -1.94. The summed E-state index contributed by atoms with van der Waals surface area (Å²) in [6.45, 7) is 3.94. The number of carbonyl (C=O) groups excluding carboxylic acids is 1. The number of ether oxygens (including phenoxy) is 1. The second-order valence-corrected chi connectivity index (χ2v) is 4.73. The Balaban J connectivity index is 2.37. The predicted molar refractivity (Wildman–Crippen MR) is 73.5 cm³/mol. The number of ketones is 1. The van der Waals surface area contributed by atoms with E-state index >= 15 is 0 Å². The second-order valence-electron chi connectivity index (χ2n) is 4.73. The van der Waals surface area contributed by atoms with Gasteiger partial charge in [0.25, 0.3) is 0 Å². The van der Waals surface area contributed by atoms with Crippen molar-refractivity contribution < 1.29 is 9.53 Å². The van der Waals surface area contributed by atoms with Crippen LogP contribution in [0.2, 0.25) is 0 Å². The van der Waals surface area contributed by atoms with Gasteiger partial charge < -0.3 is 4.74 Å². The van der Waals surface area contributed by atoms with Gasteiger partial charge in [0.1, 0.15) is 11.8 Å². The van der Waals surface area contributed by atoms with E-state index in [-0.39, 0.29) is 11.7 Å². The summed E-state index contributed by atoms with van der Waals surface area (Å²) >= 11 is 0. The number of methoxy groups -OCH3 is 1. The van der Waals surface area contributed by atoms with Crippen molar-refractivity contribution in [2.75, 3.05) is 7.11 Å². The summed E-state index contributed by atoms with van der Waals surface area (Å²) in [6, 6.07) is 11.3. The fourth-order valence-electron chi connectivity index (χ4n) is 2.09. The summed E-state index contributed by atoms with van der Waals surface area (Å²) in [5.74, 6) is 0.0791. The molecular weight excluding hydrogens is 240 g/mol. The molecule has 4 nitrogen and oxygen atoms in total. The molecule has 0 saturated heterocycles. The van der Waals surface area contributed by atoms with Crippen molar-refractivity contribution in [2.45, 2.75) is 20.0 Å². The van der Waals surface area contributed by atoms with Gasteiger partial charge in [-0.15, -0.1) is 0 Å². The van der Waals surface area contributed by atoms with Crippen LogP contribution in [0.5, 0.6) is 0 Å². The molecular formula is C15H18N2O2. The largest absolute Gasteiger partial charge is 0.373 e. The van der Waals surface area contributed by atoms with E-state index in [9.17, 15) is 4.79 Å². The fraction of sp³-hybridized carbons (Fsp3) is 0.333. The zero-order valence-corrected chi connectivity index (χ0v) is 11.4. The van der Waals surface area contributed by atoms with Gasteiger partial charge >= 0.3 is 0 Å². The minimum absolute atomic E-state index is 0.0427. The maximum atomic E-state index is 12.5. The average Bonchev–Trinajstić information content (AvgIpc) is 2.89. The first-order valence-electron chi connectivity index (χ1n) is 6.31. The van der Waals surface area contributed by atoms with Gasteiger partial charge in [0.15, 0.2) is 0 Å². The van der Waals surface area contributed by atoms with Crippen molar-refractivity contribution >= 4 is 5.78 Å². The number of Topliss-reactive ketones (excluding diaryl/α,β-unsaturated/α-hetero) is 1. The maximum Gasteiger partial charge on any atom is 0.210 e. The van der Waals surface area contributed by atoms with Crippen LogP contribution in [0.3, 0.4) is 0 Å². The van der Waals surface area contributed by atoms with Gasteiger partial charge in [-0.1, -0.05) is 32.0 Å². The maximum absolute atomic E-state index is 12.5. The highest BCUT2D eigenvalue weighted by atomic mass is 16.5. The first-order chi connectivity index (χ1) is 9.15. The van der Waals surface area contributed by atoms with Crippen molar-refractivity contribution in [3.05, 3.63) is 48.3 Å². The zero-order chi connectivity index (χ0) is 13.8. The molecule has 0 spiro atoms. The third-order valence-electron chi connectivity index (χ3n) is 3.01. The molecule has 1 aromatic heterocycles. The Morgan fingerprint density at radius 1 is 1.21 bits per heavy atom. The zero-order valence-electron chi connectivity index (χ0n) is 11.4. The molecule has 0 amide bonds. The standard InChI is InChI=1S/C15H18N2O2/c1-11(2)15(19-3)14(18)13-9-10-16-17(13)12-7-5-4-6-8-12/h4-11,15H,1-3H3. The van der Waals surface area contributed by atoms with Crippen molar-refractivity contribution in [1.82, 2.24) is 9.78 Å². The number of aromatic nitrogens is 2. The lowest BCUT2D eigenvalue weighted by Gasteiger charge is -2.18. The van der Waals surface area contributed by atoms with E-state index in [2.05, 4.69) is 5.10 Å². The molecule has 19 heavy (non-hydrogen) atoms. The van der Waals surface area contributed by atoms with Crippen LogP contribution in [0, 0.1) is 5.92 Å². The molecule has 0 fully saturated rings. The molecule has 0 aliphatic rings. The summed E-state index contributed by atoms with van der Waals surface area (Å²) in [6.07, 6.45) is 1.19. The first kappa shape index (κ1) is 13.5. The normalized spacial score (nSPS) is 12.6. The lowest BCUT2D eigenvalue weighted by atomic mass is 10.0. The van der Waals surface area contributed by atoms with Crippen LogP contribution >= 0.6 is 0 Å². The van der Waals surface area contributed by atoms with Crippen molar-refractivity contribution in [2.24, 2.45) is 5.92 Å². The molecule has 1 heterocycles. The first-order valence-corrected chi connectivity index (χ1v) is 6.31. The Kier molecular flexibility index (Phi) is 4.12. The van der Waals surface area contributed by atoms with Gasteiger partial charge in [-0.25, -0.2) is 4.68 Å². The third-order valence-corrected chi connectivity index (χ3v) is 3.01. The monoisotopic (exact) mass is 258 g/mol. The van der Waals surface area contributed by atoms with E-state index in [4.69, 9.17) is 4.74 Å². The number of benzene rings is 1. The number of hydrogen-bond donors (Lipinski definition) is 0. The van der Waals surface area contributed by atoms with Crippen LogP contribution in [0.4, 0.5) is 0 Å². The van der Waals surface area contributed by atoms with Crippen molar-refractivity contribution in [1.29, 1.82) is 0 Å². The van der Waals surface area contributed by atoms with Crippen LogP contribution in [-0.2, 0) is 4.74 Å². The molecule has 0 saturated carbocycles. The van der Waals surface area contributed by atoms with E-state index < -0.39 is 6.10 Å². The number of para-hydroxylation sites is 1. The number of carbonyl (C=O) groups is 1. The molecule has 0 radical (unpaired) electrons. The quantitative estimate of drug-likeness (QED) is 0.774. The summed E-state index contributed by atoms with van der Waals surface area (Å²) < 4.78 is 6.95. The summed E-state index contributed by atoms with van der Waals surface area (Å²) in [5, 5.41) is 4.22. The van der Waals surface area contributed by atoms with E-state index in [1.165, 1.54) is 0 Å². The lowest BCUT2D eigenvalue weighted by molar-refractivity contribution is 0.0451. The number of rotatable bonds is 5. The Bertz CT molecular complexity index is 546. The Morgan fingerprint density at radius 3 is 2.47 bits per heavy atom. The van der Waals surface area contributed by atoms with Crippen LogP contribution in [0.1, 0.15) is 24.3 Å². The third kappa shape index (κ3) is 2.74. The Morgan fingerprint density at radius 2 is 1.89 bits per heavy atom. The molecule has 1 unspecified atom stereocenters. The molecule has 100 valence electrons. The number of hydrogen-bond acceptors (Lipinski definition) is 3. The summed E-state index contributed by atoms with van der Waals surface area (Å²) in [5.41, 5.74) is 1.42. The molecule has 0 aliphatic heterocycles. The smallest absolute Gasteiger partial charge is 0.210 e. The molecule has 1 atom stereocenters. The van der Waals surface area contributed by atoms with E-state index in [0.29, 0.717) is 5.69 Å². The molecule has 0 aliphatic carbocycles. The van der Waals surface area contributed by atoms with Crippen LogP contribution in [0.25, 0.3) is 5.69 Å². The molecule has 4 heteroatoms. The van der Waals surface area contributed by atoms with Gasteiger partial charge in [0.2, 0.25) is 5.78 Å². The minimum Gasteiger partial charge on any atom is -0.373 e. The second kappa shape index (κ2) is 5.80.